The number of hydrogen-bond acceptors (Lipinski definition) is 4. The minimum atomic E-state index is -4.49. The van der Waals surface area contributed by atoms with Crippen LogP contribution in [0.4, 0.5) is 13.2 Å². The van der Waals surface area contributed by atoms with Crippen molar-refractivity contribution in [2.45, 2.75) is 31.0 Å². The quantitative estimate of drug-likeness (QED) is 0.288. The summed E-state index contributed by atoms with van der Waals surface area (Å²) < 4.78 is 42.6. The highest BCUT2D eigenvalue weighted by Crippen LogP contribution is 2.32. The molecule has 0 saturated carbocycles. The van der Waals surface area contributed by atoms with E-state index in [-0.39, 0.29) is 17.1 Å². The molecule has 0 heterocycles. The number of oxime groups is 1. The van der Waals surface area contributed by atoms with Crippen LogP contribution in [0, 0.1) is 0 Å². The van der Waals surface area contributed by atoms with Gasteiger partial charge < -0.3 is 15.7 Å². The van der Waals surface area contributed by atoms with E-state index in [0.29, 0.717) is 10.6 Å². The minimum absolute atomic E-state index is 0.0661. The van der Waals surface area contributed by atoms with Crippen molar-refractivity contribution in [3.63, 3.8) is 0 Å². The fourth-order valence-electron chi connectivity index (χ4n) is 1.44. The third-order valence-electron chi connectivity index (χ3n) is 2.42. The standard InChI is InChI=1S/C12H15F3N2O2S/c1-3-20-9-6-4-5-8(10(9)11(16)17-18)19-7(2)12(13,14)15/h4-7,18H,3H2,1-2H3,(H2,16,17). The molecule has 0 aromatic heterocycles. The predicted molar refractivity (Wildman–Crippen MR) is 71.5 cm³/mol. The maximum absolute atomic E-state index is 12.6. The fraction of sp³-hybridized carbons (Fsp3) is 0.417. The molecule has 4 nitrogen and oxygen atoms in total. The zero-order chi connectivity index (χ0) is 15.3. The fourth-order valence-corrected chi connectivity index (χ4v) is 2.28. The summed E-state index contributed by atoms with van der Waals surface area (Å²) >= 11 is 1.36. The van der Waals surface area contributed by atoms with Gasteiger partial charge in [-0.3, -0.25) is 0 Å². The van der Waals surface area contributed by atoms with Gasteiger partial charge >= 0.3 is 6.18 Å². The average Bonchev–Trinajstić information content (AvgIpc) is 2.37. The highest BCUT2D eigenvalue weighted by atomic mass is 32.2. The van der Waals surface area contributed by atoms with Gasteiger partial charge in [0.15, 0.2) is 11.9 Å². The first kappa shape index (κ1) is 16.5. The van der Waals surface area contributed by atoms with Crippen LogP contribution in [0.1, 0.15) is 19.4 Å². The maximum atomic E-state index is 12.6. The van der Waals surface area contributed by atoms with Gasteiger partial charge in [0.1, 0.15) is 5.75 Å². The molecule has 0 radical (unpaired) electrons. The Morgan fingerprint density at radius 2 is 2.15 bits per heavy atom. The molecule has 0 aliphatic rings. The Kier molecular flexibility index (Phi) is 5.55. The van der Waals surface area contributed by atoms with Crippen molar-refractivity contribution in [3.05, 3.63) is 23.8 Å². The number of amidine groups is 1. The van der Waals surface area contributed by atoms with Crippen LogP contribution >= 0.6 is 11.8 Å². The smallest absolute Gasteiger partial charge is 0.425 e. The second kappa shape index (κ2) is 6.74. The van der Waals surface area contributed by atoms with E-state index in [1.807, 2.05) is 6.92 Å². The number of alkyl halides is 3. The summed E-state index contributed by atoms with van der Waals surface area (Å²) in [5.74, 6) is 0.332. The van der Waals surface area contributed by atoms with E-state index < -0.39 is 12.3 Å². The zero-order valence-electron chi connectivity index (χ0n) is 10.9. The van der Waals surface area contributed by atoms with E-state index >= 15 is 0 Å². The lowest BCUT2D eigenvalue weighted by molar-refractivity contribution is -0.189. The summed E-state index contributed by atoms with van der Waals surface area (Å²) in [4.78, 5) is 0.592. The number of ether oxygens (including phenoxy) is 1. The maximum Gasteiger partial charge on any atom is 0.425 e. The molecule has 1 atom stereocenters. The van der Waals surface area contributed by atoms with Crippen LogP contribution in [0.3, 0.4) is 0 Å². The molecule has 1 aromatic carbocycles. The summed E-state index contributed by atoms with van der Waals surface area (Å²) in [6.07, 6.45) is -6.48. The summed E-state index contributed by atoms with van der Waals surface area (Å²) in [6, 6.07) is 4.59. The topological polar surface area (TPSA) is 67.8 Å². The molecule has 0 amide bonds. The van der Waals surface area contributed by atoms with E-state index in [4.69, 9.17) is 15.7 Å². The number of benzene rings is 1. The average molecular weight is 308 g/mol. The van der Waals surface area contributed by atoms with E-state index in [2.05, 4.69) is 5.16 Å². The Morgan fingerprint density at radius 1 is 1.50 bits per heavy atom. The van der Waals surface area contributed by atoms with E-state index in [0.717, 1.165) is 6.92 Å². The Labute approximate surface area is 118 Å². The largest absolute Gasteiger partial charge is 0.480 e. The summed E-state index contributed by atoms with van der Waals surface area (Å²) in [7, 11) is 0. The first-order chi connectivity index (χ1) is 9.31. The second-order valence-corrected chi connectivity index (χ2v) is 5.16. The minimum Gasteiger partial charge on any atom is -0.480 e. The first-order valence-corrected chi connectivity index (χ1v) is 6.76. The Balaban J connectivity index is 3.22. The molecule has 8 heteroatoms. The second-order valence-electron chi connectivity index (χ2n) is 3.85. The summed E-state index contributed by atoms with van der Waals surface area (Å²) in [5, 5.41) is 11.6. The van der Waals surface area contributed by atoms with Gasteiger partial charge in [-0.05, 0) is 24.8 Å². The SMILES string of the molecule is CCSc1cccc(OC(C)C(F)(F)F)c1/C(N)=N/O. The van der Waals surface area contributed by atoms with E-state index in [9.17, 15) is 13.2 Å². The summed E-state index contributed by atoms with van der Waals surface area (Å²) in [6.45, 7) is 2.78. The monoisotopic (exact) mass is 308 g/mol. The lowest BCUT2D eigenvalue weighted by atomic mass is 10.2. The molecular weight excluding hydrogens is 293 g/mol. The van der Waals surface area contributed by atoms with Gasteiger partial charge in [-0.1, -0.05) is 18.1 Å². The number of halogens is 3. The van der Waals surface area contributed by atoms with Crippen LogP contribution in [-0.2, 0) is 0 Å². The highest BCUT2D eigenvalue weighted by molar-refractivity contribution is 7.99. The molecular formula is C12H15F3N2O2S. The molecule has 3 N–H and O–H groups in total. The van der Waals surface area contributed by atoms with Gasteiger partial charge in [-0.15, -0.1) is 11.8 Å². The third-order valence-corrected chi connectivity index (χ3v) is 3.36. The summed E-state index contributed by atoms with van der Waals surface area (Å²) in [5.41, 5.74) is 5.70. The molecule has 0 spiro atoms. The van der Waals surface area contributed by atoms with Gasteiger partial charge in [0.2, 0.25) is 0 Å². The number of rotatable bonds is 5. The lowest BCUT2D eigenvalue weighted by Crippen LogP contribution is -2.32. The van der Waals surface area contributed by atoms with Crippen molar-refractivity contribution in [2.75, 3.05) is 5.75 Å². The van der Waals surface area contributed by atoms with Crippen LogP contribution in [0.5, 0.6) is 5.75 Å². The number of nitrogens with two attached hydrogens (primary N) is 1. The van der Waals surface area contributed by atoms with Gasteiger partial charge in [-0.25, -0.2) is 0 Å². The molecule has 20 heavy (non-hydrogen) atoms. The van der Waals surface area contributed by atoms with Gasteiger partial charge in [0, 0.05) is 4.90 Å². The molecule has 0 bridgehead atoms. The molecule has 1 rings (SSSR count). The van der Waals surface area contributed by atoms with Crippen molar-refractivity contribution in [1.29, 1.82) is 0 Å². The van der Waals surface area contributed by atoms with Crippen molar-refractivity contribution < 1.29 is 23.1 Å². The molecule has 0 aliphatic carbocycles. The Morgan fingerprint density at radius 3 is 2.65 bits per heavy atom. The third kappa shape index (κ3) is 3.96. The molecule has 112 valence electrons. The lowest BCUT2D eigenvalue weighted by Gasteiger charge is -2.20. The van der Waals surface area contributed by atoms with Crippen molar-refractivity contribution in [1.82, 2.24) is 0 Å². The van der Waals surface area contributed by atoms with Crippen LogP contribution in [0.25, 0.3) is 0 Å². The molecule has 0 aliphatic heterocycles. The normalized spacial score (nSPS) is 14.2. The predicted octanol–water partition coefficient (Wildman–Crippen LogP) is 3.22. The number of nitrogens with zero attached hydrogens (tertiary/aromatic N) is 1. The molecule has 0 saturated heterocycles. The Hall–Kier alpha value is -1.57. The van der Waals surface area contributed by atoms with Crippen molar-refractivity contribution >= 4 is 17.6 Å². The molecule has 1 unspecified atom stereocenters. The molecule has 0 fully saturated rings. The van der Waals surface area contributed by atoms with Gasteiger partial charge in [0.25, 0.3) is 0 Å². The van der Waals surface area contributed by atoms with Crippen LogP contribution in [0.2, 0.25) is 0 Å². The van der Waals surface area contributed by atoms with Crippen LogP contribution in [0.15, 0.2) is 28.3 Å². The zero-order valence-corrected chi connectivity index (χ0v) is 11.8. The van der Waals surface area contributed by atoms with Gasteiger partial charge in [0.05, 0.1) is 5.56 Å². The van der Waals surface area contributed by atoms with E-state index in [1.54, 1.807) is 12.1 Å². The number of thioether (sulfide) groups is 1. The highest BCUT2D eigenvalue weighted by Gasteiger charge is 2.38. The molecule has 1 aromatic rings. The van der Waals surface area contributed by atoms with Crippen LogP contribution < -0.4 is 10.5 Å². The number of hydrogen-bond donors (Lipinski definition) is 2. The van der Waals surface area contributed by atoms with Crippen LogP contribution in [-0.4, -0.2) is 29.1 Å². The Bertz CT molecular complexity index is 492. The van der Waals surface area contributed by atoms with Crippen molar-refractivity contribution in [2.24, 2.45) is 10.9 Å². The van der Waals surface area contributed by atoms with Gasteiger partial charge in [-0.2, -0.15) is 13.2 Å². The van der Waals surface area contributed by atoms with Crippen molar-refractivity contribution in [3.8, 4) is 5.75 Å². The first-order valence-electron chi connectivity index (χ1n) is 5.78. The van der Waals surface area contributed by atoms with E-state index in [1.165, 1.54) is 17.8 Å².